The molecule has 3 amide bonds. The van der Waals surface area contributed by atoms with Gasteiger partial charge in [0.1, 0.15) is 5.69 Å². The lowest BCUT2D eigenvalue weighted by Gasteiger charge is -2.42. The molecule has 1 saturated heterocycles. The monoisotopic (exact) mass is 611 g/mol. The maximum absolute atomic E-state index is 14.1. The maximum atomic E-state index is 14.1. The Bertz CT molecular complexity index is 1580. The van der Waals surface area contributed by atoms with E-state index in [-0.39, 0.29) is 36.2 Å². The number of nitrogens with zero attached hydrogens (tertiary/aromatic N) is 2. The van der Waals surface area contributed by atoms with Crippen LogP contribution in [-0.4, -0.2) is 64.7 Å². The highest BCUT2D eigenvalue weighted by molar-refractivity contribution is 6.30. The molecule has 1 atom stereocenters. The van der Waals surface area contributed by atoms with Crippen LogP contribution in [0.4, 0.5) is 0 Å². The summed E-state index contributed by atoms with van der Waals surface area (Å²) in [6, 6.07) is 26.2. The molecule has 0 saturated carbocycles. The van der Waals surface area contributed by atoms with Crippen LogP contribution >= 0.6 is 11.6 Å². The van der Waals surface area contributed by atoms with Crippen LogP contribution in [0.15, 0.2) is 91.1 Å². The van der Waals surface area contributed by atoms with Gasteiger partial charge in [-0.15, -0.1) is 0 Å². The highest BCUT2D eigenvalue weighted by atomic mass is 35.5. The average Bonchev–Trinajstić information content (AvgIpc) is 3.60. The molecule has 1 aliphatic rings. The number of hydrogen-bond donors (Lipinski definition) is 3. The summed E-state index contributed by atoms with van der Waals surface area (Å²) in [7, 11) is 0. The number of aromatic amines is 1. The number of carbonyl (C=O) groups excluding carboxylic acids is 3. The summed E-state index contributed by atoms with van der Waals surface area (Å²) in [5.74, 6) is -0.187. The van der Waals surface area contributed by atoms with Gasteiger partial charge in [-0.05, 0) is 78.4 Å². The average molecular weight is 612 g/mol. The number of benzene rings is 3. The smallest absolute Gasteiger partial charge is 0.270 e. The van der Waals surface area contributed by atoms with Gasteiger partial charge in [-0.3, -0.25) is 14.4 Å². The fraction of sp³-hybridized carbons (Fsp3) is 0.286. The fourth-order valence-electron chi connectivity index (χ4n) is 5.93. The van der Waals surface area contributed by atoms with E-state index in [1.54, 1.807) is 24.4 Å². The minimum absolute atomic E-state index is 0.0148. The molecule has 1 aliphatic heterocycles. The third-order valence-electron chi connectivity index (χ3n) is 8.23. The van der Waals surface area contributed by atoms with Gasteiger partial charge in [0.05, 0.1) is 12.5 Å². The lowest BCUT2D eigenvalue weighted by atomic mass is 9.93. The van der Waals surface area contributed by atoms with E-state index in [4.69, 9.17) is 17.3 Å². The SMILES string of the molecule is CC(c1cccc(-c2ccccc2C(=O)NCCN)c1)N(C(=O)Cc1ccc(Cl)cc1)C1CCN(C(=O)c2ccc[nH]2)CC1. The number of hydrogen-bond acceptors (Lipinski definition) is 4. The zero-order valence-electron chi connectivity index (χ0n) is 24.8. The quantitative estimate of drug-likeness (QED) is 0.221. The van der Waals surface area contributed by atoms with Crippen LogP contribution in [0.2, 0.25) is 5.02 Å². The third-order valence-corrected chi connectivity index (χ3v) is 8.48. The molecule has 228 valence electrons. The Labute approximate surface area is 263 Å². The van der Waals surface area contributed by atoms with E-state index < -0.39 is 0 Å². The molecule has 0 aliphatic carbocycles. The number of nitrogens with two attached hydrogens (primary N) is 1. The number of likely N-dealkylation sites (tertiary alicyclic amines) is 1. The van der Waals surface area contributed by atoms with Gasteiger partial charge < -0.3 is 25.8 Å². The van der Waals surface area contributed by atoms with Crippen molar-refractivity contribution in [1.82, 2.24) is 20.1 Å². The minimum Gasteiger partial charge on any atom is -0.357 e. The Morgan fingerprint density at radius 3 is 2.45 bits per heavy atom. The Kier molecular flexibility index (Phi) is 10.1. The van der Waals surface area contributed by atoms with E-state index in [9.17, 15) is 14.4 Å². The molecule has 44 heavy (non-hydrogen) atoms. The van der Waals surface area contributed by atoms with Crippen molar-refractivity contribution in [2.45, 2.75) is 38.3 Å². The zero-order valence-corrected chi connectivity index (χ0v) is 25.6. The van der Waals surface area contributed by atoms with E-state index in [1.807, 2.05) is 70.5 Å². The van der Waals surface area contributed by atoms with E-state index in [2.05, 4.69) is 23.3 Å². The molecule has 3 aromatic carbocycles. The fourth-order valence-corrected chi connectivity index (χ4v) is 6.05. The molecular formula is C35H38ClN5O3. The summed E-state index contributed by atoms with van der Waals surface area (Å²) in [6.07, 6.45) is 3.34. The van der Waals surface area contributed by atoms with Crippen LogP contribution in [0.3, 0.4) is 0 Å². The van der Waals surface area contributed by atoms with Crippen molar-refractivity contribution in [3.8, 4) is 11.1 Å². The first kappa shape index (κ1) is 31.0. The molecule has 8 nitrogen and oxygen atoms in total. The lowest BCUT2D eigenvalue weighted by Crippen LogP contribution is -2.50. The van der Waals surface area contributed by atoms with Crippen LogP contribution in [0.25, 0.3) is 11.1 Å². The number of halogens is 1. The number of nitrogens with one attached hydrogen (secondary N) is 2. The number of aromatic nitrogens is 1. The second-order valence-electron chi connectivity index (χ2n) is 11.1. The molecule has 0 spiro atoms. The summed E-state index contributed by atoms with van der Waals surface area (Å²) in [6.45, 7) is 3.93. The summed E-state index contributed by atoms with van der Waals surface area (Å²) in [4.78, 5) is 46.8. The van der Waals surface area contributed by atoms with Crippen molar-refractivity contribution in [3.05, 3.63) is 119 Å². The zero-order chi connectivity index (χ0) is 31.1. The van der Waals surface area contributed by atoms with Crippen molar-refractivity contribution in [1.29, 1.82) is 0 Å². The van der Waals surface area contributed by atoms with Crippen LogP contribution in [0, 0.1) is 0 Å². The predicted molar refractivity (Wildman–Crippen MR) is 173 cm³/mol. The second kappa shape index (κ2) is 14.4. The van der Waals surface area contributed by atoms with Crippen LogP contribution < -0.4 is 11.1 Å². The maximum Gasteiger partial charge on any atom is 0.270 e. The molecule has 1 aromatic heterocycles. The van der Waals surface area contributed by atoms with Crippen molar-refractivity contribution >= 4 is 29.3 Å². The molecule has 0 bridgehead atoms. The summed E-state index contributed by atoms with van der Waals surface area (Å²) in [5, 5.41) is 3.49. The van der Waals surface area contributed by atoms with Gasteiger partial charge in [0.25, 0.3) is 11.8 Å². The number of amides is 3. The molecule has 1 fully saturated rings. The molecule has 0 radical (unpaired) electrons. The van der Waals surface area contributed by atoms with Gasteiger partial charge >= 0.3 is 0 Å². The van der Waals surface area contributed by atoms with E-state index >= 15 is 0 Å². The van der Waals surface area contributed by atoms with Gasteiger partial charge in [-0.1, -0.05) is 60.1 Å². The van der Waals surface area contributed by atoms with Gasteiger partial charge in [-0.2, -0.15) is 0 Å². The van der Waals surface area contributed by atoms with Crippen LogP contribution in [-0.2, 0) is 11.2 Å². The van der Waals surface area contributed by atoms with Gasteiger partial charge in [-0.25, -0.2) is 0 Å². The number of H-pyrrole nitrogens is 1. The Morgan fingerprint density at radius 2 is 1.75 bits per heavy atom. The summed E-state index contributed by atoms with van der Waals surface area (Å²) in [5.41, 5.74) is 10.3. The molecule has 4 N–H and O–H groups in total. The molecule has 1 unspecified atom stereocenters. The first-order valence-electron chi connectivity index (χ1n) is 15.0. The highest BCUT2D eigenvalue weighted by Crippen LogP contribution is 2.32. The molecule has 9 heteroatoms. The number of carbonyl (C=O) groups is 3. The Balaban J connectivity index is 1.41. The normalized spacial score (nSPS) is 14.2. The van der Waals surface area contributed by atoms with Gasteiger partial charge in [0.2, 0.25) is 5.91 Å². The van der Waals surface area contributed by atoms with E-state index in [0.717, 1.165) is 22.3 Å². The van der Waals surface area contributed by atoms with Crippen molar-refractivity contribution in [2.24, 2.45) is 5.73 Å². The molecule has 4 aromatic rings. The highest BCUT2D eigenvalue weighted by Gasteiger charge is 2.33. The van der Waals surface area contributed by atoms with Gasteiger partial charge in [0.15, 0.2) is 0 Å². The lowest BCUT2D eigenvalue weighted by molar-refractivity contribution is -0.136. The predicted octanol–water partition coefficient (Wildman–Crippen LogP) is 5.46. The minimum atomic E-state index is -0.247. The van der Waals surface area contributed by atoms with Crippen molar-refractivity contribution in [3.63, 3.8) is 0 Å². The number of rotatable bonds is 10. The largest absolute Gasteiger partial charge is 0.357 e. The topological polar surface area (TPSA) is 112 Å². The number of piperidine rings is 1. The Hall–Kier alpha value is -4.40. The van der Waals surface area contributed by atoms with Gasteiger partial charge in [0, 0.05) is 49.0 Å². The van der Waals surface area contributed by atoms with Crippen LogP contribution in [0.1, 0.15) is 57.8 Å². The first-order valence-corrected chi connectivity index (χ1v) is 15.4. The summed E-state index contributed by atoms with van der Waals surface area (Å²) < 4.78 is 0. The third kappa shape index (κ3) is 7.21. The second-order valence-corrected chi connectivity index (χ2v) is 11.5. The standard InChI is InChI=1S/C35H38ClN5O3/c1-24(26-6-4-7-27(23-26)30-8-2-3-9-31(30)34(43)39-19-17-37)41(33(42)22-25-11-13-28(36)14-12-25)29-15-20-40(21-16-29)35(44)32-10-5-18-38-32/h2-14,18,23-24,29,38H,15-17,19-22,37H2,1H3,(H,39,43). The molecular weight excluding hydrogens is 574 g/mol. The Morgan fingerprint density at radius 1 is 1.00 bits per heavy atom. The van der Waals surface area contributed by atoms with Crippen molar-refractivity contribution < 1.29 is 14.4 Å². The molecule has 2 heterocycles. The van der Waals surface area contributed by atoms with E-state index in [1.165, 1.54) is 0 Å². The molecule has 5 rings (SSSR count). The summed E-state index contributed by atoms with van der Waals surface area (Å²) >= 11 is 6.10. The first-order chi connectivity index (χ1) is 21.4. The van der Waals surface area contributed by atoms with E-state index in [0.29, 0.717) is 55.3 Å². The van der Waals surface area contributed by atoms with Crippen molar-refractivity contribution in [2.75, 3.05) is 26.2 Å². The van der Waals surface area contributed by atoms with Crippen LogP contribution in [0.5, 0.6) is 0 Å².